The molecule has 3 rings (SSSR count). The van der Waals surface area contributed by atoms with Crippen LogP contribution in [0.25, 0.3) is 11.4 Å². The van der Waals surface area contributed by atoms with Gasteiger partial charge in [0.05, 0.1) is 11.4 Å². The third kappa shape index (κ3) is 4.66. The van der Waals surface area contributed by atoms with Gasteiger partial charge in [-0.1, -0.05) is 23.4 Å². The van der Waals surface area contributed by atoms with E-state index in [1.54, 1.807) is 12.1 Å². The highest BCUT2D eigenvalue weighted by molar-refractivity contribution is 9.10. The van der Waals surface area contributed by atoms with Gasteiger partial charge in [0.15, 0.2) is 5.82 Å². The number of halogens is 2. The largest absolute Gasteiger partial charge is 0.324 e. The van der Waals surface area contributed by atoms with Crippen LogP contribution in [0.1, 0.15) is 11.1 Å². The van der Waals surface area contributed by atoms with Crippen molar-refractivity contribution in [1.29, 1.82) is 0 Å². The maximum atomic E-state index is 12.2. The number of benzene rings is 2. The molecule has 0 bridgehead atoms. The van der Waals surface area contributed by atoms with Gasteiger partial charge in [0.2, 0.25) is 11.1 Å². The smallest absolute Gasteiger partial charge is 0.234 e. The summed E-state index contributed by atoms with van der Waals surface area (Å²) in [5.74, 6) is 0.746. The van der Waals surface area contributed by atoms with E-state index in [2.05, 4.69) is 36.4 Å². The van der Waals surface area contributed by atoms with Gasteiger partial charge in [-0.15, -0.1) is 5.10 Å². The number of aromatic nitrogens is 3. The molecule has 3 aromatic rings. The Morgan fingerprint density at radius 3 is 2.65 bits per heavy atom. The Bertz CT molecular complexity index is 943. The van der Waals surface area contributed by atoms with Crippen molar-refractivity contribution in [3.8, 4) is 11.4 Å². The predicted octanol–water partition coefficient (Wildman–Crippen LogP) is 5.24. The molecule has 5 nitrogen and oxygen atoms in total. The number of thioether (sulfide) groups is 1. The van der Waals surface area contributed by atoms with Crippen molar-refractivity contribution < 1.29 is 4.79 Å². The predicted molar refractivity (Wildman–Crippen MR) is 110 cm³/mol. The number of nitrogens with one attached hydrogen (secondary N) is 2. The second kappa shape index (κ2) is 8.24. The summed E-state index contributed by atoms with van der Waals surface area (Å²) in [4.78, 5) is 16.6. The number of anilines is 1. The molecule has 0 aliphatic rings. The highest BCUT2D eigenvalue weighted by Crippen LogP contribution is 2.27. The lowest BCUT2D eigenvalue weighted by Gasteiger charge is -2.09. The minimum absolute atomic E-state index is 0.114. The van der Waals surface area contributed by atoms with E-state index in [4.69, 9.17) is 11.6 Å². The fraction of sp³-hybridized carbons (Fsp3) is 0.167. The Kier molecular flexibility index (Phi) is 6.01. The summed E-state index contributed by atoms with van der Waals surface area (Å²) in [7, 11) is 0. The molecule has 0 saturated carbocycles. The molecule has 0 spiro atoms. The van der Waals surface area contributed by atoms with Crippen LogP contribution in [-0.4, -0.2) is 26.8 Å². The van der Waals surface area contributed by atoms with E-state index >= 15 is 0 Å². The Labute approximate surface area is 169 Å². The zero-order chi connectivity index (χ0) is 18.7. The number of aromatic amines is 1. The van der Waals surface area contributed by atoms with E-state index < -0.39 is 0 Å². The summed E-state index contributed by atoms with van der Waals surface area (Å²) in [6, 6.07) is 11.3. The van der Waals surface area contributed by atoms with Crippen molar-refractivity contribution in [2.75, 3.05) is 11.1 Å². The van der Waals surface area contributed by atoms with Crippen LogP contribution >= 0.6 is 39.3 Å². The van der Waals surface area contributed by atoms with Gasteiger partial charge in [0.1, 0.15) is 0 Å². The lowest BCUT2D eigenvalue weighted by atomic mass is 10.1. The van der Waals surface area contributed by atoms with Gasteiger partial charge < -0.3 is 5.32 Å². The number of hydrogen-bond donors (Lipinski definition) is 2. The second-order valence-corrected chi connectivity index (χ2v) is 7.96. The van der Waals surface area contributed by atoms with Crippen LogP contribution in [0.15, 0.2) is 46.0 Å². The number of H-pyrrole nitrogens is 1. The van der Waals surface area contributed by atoms with Crippen molar-refractivity contribution in [3.05, 3.63) is 57.0 Å². The first-order valence-corrected chi connectivity index (χ1v) is 9.96. The van der Waals surface area contributed by atoms with Crippen molar-refractivity contribution >= 4 is 50.9 Å². The molecule has 2 N–H and O–H groups in total. The molecule has 0 atom stereocenters. The average Bonchev–Trinajstić information content (AvgIpc) is 3.07. The number of carbonyl (C=O) groups excluding carboxylic acids is 1. The zero-order valence-electron chi connectivity index (χ0n) is 14.1. The molecule has 0 aliphatic carbocycles. The van der Waals surface area contributed by atoms with Crippen LogP contribution in [0.4, 0.5) is 5.69 Å². The van der Waals surface area contributed by atoms with Crippen LogP contribution in [0.3, 0.4) is 0 Å². The number of hydrogen-bond acceptors (Lipinski definition) is 4. The van der Waals surface area contributed by atoms with Crippen LogP contribution in [0, 0.1) is 13.8 Å². The van der Waals surface area contributed by atoms with E-state index in [1.165, 1.54) is 17.3 Å². The maximum Gasteiger partial charge on any atom is 0.234 e. The molecule has 1 amide bonds. The van der Waals surface area contributed by atoms with Crippen molar-refractivity contribution in [1.82, 2.24) is 15.2 Å². The molecular formula is C18H16BrClN4OS. The molecule has 0 unspecified atom stereocenters. The lowest BCUT2D eigenvalue weighted by Crippen LogP contribution is -2.14. The topological polar surface area (TPSA) is 70.7 Å². The Morgan fingerprint density at radius 1 is 1.23 bits per heavy atom. The second-order valence-electron chi connectivity index (χ2n) is 5.73. The van der Waals surface area contributed by atoms with E-state index in [9.17, 15) is 4.79 Å². The average molecular weight is 452 g/mol. The summed E-state index contributed by atoms with van der Waals surface area (Å²) in [6.07, 6.45) is 0. The van der Waals surface area contributed by atoms with Gasteiger partial charge in [-0.3, -0.25) is 9.89 Å². The number of aryl methyl sites for hydroxylation is 2. The van der Waals surface area contributed by atoms with E-state index in [0.29, 0.717) is 16.0 Å². The molecule has 0 fully saturated rings. The third-order valence-corrected chi connectivity index (χ3v) is 5.53. The first-order chi connectivity index (χ1) is 12.4. The number of nitrogens with zero attached hydrogens (tertiary/aromatic N) is 2. The molecule has 0 saturated heterocycles. The van der Waals surface area contributed by atoms with Gasteiger partial charge in [0, 0.05) is 15.1 Å². The molecular weight excluding hydrogens is 436 g/mol. The Morgan fingerprint density at radius 2 is 1.92 bits per heavy atom. The molecule has 1 aromatic heterocycles. The van der Waals surface area contributed by atoms with Gasteiger partial charge >= 0.3 is 0 Å². The highest BCUT2D eigenvalue weighted by Gasteiger charge is 2.11. The van der Waals surface area contributed by atoms with Crippen molar-refractivity contribution in [2.45, 2.75) is 19.0 Å². The standard InChI is InChI=1S/C18H16BrClN4OS/c1-10-7-14(19)15(8-11(10)2)21-16(25)9-26-18-22-17(23-24-18)12-3-5-13(20)6-4-12/h3-8H,9H2,1-2H3,(H,21,25)(H,22,23,24). The first kappa shape index (κ1) is 18.9. The molecule has 0 radical (unpaired) electrons. The number of amides is 1. The van der Waals surface area contributed by atoms with Crippen LogP contribution < -0.4 is 5.32 Å². The molecule has 2 aromatic carbocycles. The molecule has 1 heterocycles. The fourth-order valence-electron chi connectivity index (χ4n) is 2.24. The molecule has 8 heteroatoms. The monoisotopic (exact) mass is 450 g/mol. The van der Waals surface area contributed by atoms with Crippen LogP contribution in [0.5, 0.6) is 0 Å². The summed E-state index contributed by atoms with van der Waals surface area (Å²) >= 11 is 10.6. The Hall–Kier alpha value is -1.83. The highest BCUT2D eigenvalue weighted by atomic mass is 79.9. The van der Waals surface area contributed by atoms with Crippen molar-refractivity contribution in [2.24, 2.45) is 0 Å². The van der Waals surface area contributed by atoms with Gasteiger partial charge in [-0.05, 0) is 77.3 Å². The van der Waals surface area contributed by atoms with E-state index in [0.717, 1.165) is 21.3 Å². The van der Waals surface area contributed by atoms with Crippen LogP contribution in [-0.2, 0) is 4.79 Å². The minimum Gasteiger partial charge on any atom is -0.324 e. The molecule has 134 valence electrons. The zero-order valence-corrected chi connectivity index (χ0v) is 17.3. The quantitative estimate of drug-likeness (QED) is 0.521. The SMILES string of the molecule is Cc1cc(Br)c(NC(=O)CSc2n[nH]c(-c3ccc(Cl)cc3)n2)cc1C. The molecule has 0 aliphatic heterocycles. The summed E-state index contributed by atoms with van der Waals surface area (Å²) in [6.45, 7) is 4.04. The number of rotatable bonds is 5. The van der Waals surface area contributed by atoms with Gasteiger partial charge in [-0.25, -0.2) is 4.98 Å². The number of carbonyl (C=O) groups is 1. The molecule has 26 heavy (non-hydrogen) atoms. The van der Waals surface area contributed by atoms with Crippen molar-refractivity contribution in [3.63, 3.8) is 0 Å². The minimum atomic E-state index is -0.114. The summed E-state index contributed by atoms with van der Waals surface area (Å²) in [5.41, 5.74) is 3.94. The van der Waals surface area contributed by atoms with Crippen LogP contribution in [0.2, 0.25) is 5.02 Å². The summed E-state index contributed by atoms with van der Waals surface area (Å²) in [5, 5.41) is 11.1. The third-order valence-electron chi connectivity index (χ3n) is 3.77. The first-order valence-electron chi connectivity index (χ1n) is 7.80. The normalized spacial score (nSPS) is 10.8. The Balaban J connectivity index is 1.60. The van der Waals surface area contributed by atoms with E-state index in [-0.39, 0.29) is 11.7 Å². The summed E-state index contributed by atoms with van der Waals surface area (Å²) < 4.78 is 0.863. The van der Waals surface area contributed by atoms with Gasteiger partial charge in [0.25, 0.3) is 0 Å². The van der Waals surface area contributed by atoms with E-state index in [1.807, 2.05) is 38.1 Å². The maximum absolute atomic E-state index is 12.2. The lowest BCUT2D eigenvalue weighted by molar-refractivity contribution is -0.113. The van der Waals surface area contributed by atoms with Gasteiger partial charge in [-0.2, -0.15) is 0 Å². The fourth-order valence-corrected chi connectivity index (χ4v) is 3.52.